The summed E-state index contributed by atoms with van der Waals surface area (Å²) in [5.74, 6) is 1.29. The van der Waals surface area contributed by atoms with Crippen molar-refractivity contribution < 1.29 is 4.42 Å². The van der Waals surface area contributed by atoms with Crippen molar-refractivity contribution in [2.75, 3.05) is 13.3 Å². The Morgan fingerprint density at radius 1 is 1.61 bits per heavy atom. The van der Waals surface area contributed by atoms with Crippen LogP contribution in [0.4, 0.5) is 0 Å². The van der Waals surface area contributed by atoms with Gasteiger partial charge < -0.3 is 4.42 Å². The van der Waals surface area contributed by atoms with E-state index in [1.54, 1.807) is 41.9 Å². The van der Waals surface area contributed by atoms with Gasteiger partial charge in [-0.25, -0.2) is 5.01 Å². The first-order valence-corrected chi connectivity index (χ1v) is 6.39. The van der Waals surface area contributed by atoms with Crippen LogP contribution in [0.15, 0.2) is 50.4 Å². The summed E-state index contributed by atoms with van der Waals surface area (Å²) in [6.07, 6.45) is 6.70. The highest BCUT2D eigenvalue weighted by atomic mass is 32.2. The Morgan fingerprint density at radius 2 is 2.44 bits per heavy atom. The molecule has 1 aromatic heterocycles. The Labute approximate surface area is 109 Å². The van der Waals surface area contributed by atoms with Crippen molar-refractivity contribution in [3.05, 3.63) is 36.6 Å². The molecule has 1 aliphatic heterocycles. The minimum atomic E-state index is 0.618. The zero-order valence-corrected chi connectivity index (χ0v) is 11.0. The van der Waals surface area contributed by atoms with E-state index in [1.165, 1.54) is 11.8 Å². The van der Waals surface area contributed by atoms with E-state index in [1.807, 2.05) is 12.3 Å². The van der Waals surface area contributed by atoms with Crippen molar-refractivity contribution in [1.82, 2.24) is 10.0 Å². The second-order valence-corrected chi connectivity index (χ2v) is 4.05. The molecule has 0 radical (unpaired) electrons. The van der Waals surface area contributed by atoms with Gasteiger partial charge in [0, 0.05) is 7.05 Å². The summed E-state index contributed by atoms with van der Waals surface area (Å²) in [4.78, 5) is 4.12. The predicted octanol–water partition coefficient (Wildman–Crippen LogP) is 1.99. The molecule has 0 aromatic carbocycles. The van der Waals surface area contributed by atoms with Gasteiger partial charge in [-0.05, 0) is 18.4 Å². The number of rotatable bonds is 2. The van der Waals surface area contributed by atoms with E-state index >= 15 is 0 Å². The molecule has 0 bridgehead atoms. The molecule has 0 saturated heterocycles. The van der Waals surface area contributed by atoms with Crippen LogP contribution in [0.1, 0.15) is 5.76 Å². The van der Waals surface area contributed by atoms with Gasteiger partial charge in [0.15, 0.2) is 11.0 Å². The summed E-state index contributed by atoms with van der Waals surface area (Å²) >= 11 is 1.49. The molecule has 0 atom stereocenters. The Morgan fingerprint density at radius 3 is 3.06 bits per heavy atom. The maximum atomic E-state index is 5.15. The van der Waals surface area contributed by atoms with Crippen LogP contribution in [0.3, 0.4) is 0 Å². The number of hydrogen-bond donors (Lipinski definition) is 0. The highest BCUT2D eigenvalue weighted by molar-refractivity contribution is 8.13. The number of thioether (sulfide) groups is 1. The Kier molecular flexibility index (Phi) is 3.83. The molecule has 0 spiro atoms. The summed E-state index contributed by atoms with van der Waals surface area (Å²) in [7, 11) is 1.71. The zero-order valence-electron chi connectivity index (χ0n) is 10.1. The summed E-state index contributed by atoms with van der Waals surface area (Å²) in [5.41, 5.74) is 0. The van der Waals surface area contributed by atoms with Gasteiger partial charge in [-0.1, -0.05) is 18.3 Å². The third-order valence-electron chi connectivity index (χ3n) is 2.19. The zero-order chi connectivity index (χ0) is 13.0. The first-order chi connectivity index (χ1) is 8.76. The molecule has 7 heteroatoms. The van der Waals surface area contributed by atoms with Crippen LogP contribution in [-0.2, 0) is 0 Å². The van der Waals surface area contributed by atoms with Gasteiger partial charge in [0.2, 0.25) is 0 Å². The minimum absolute atomic E-state index is 0.618. The second-order valence-electron chi connectivity index (χ2n) is 3.27. The normalized spacial score (nSPS) is 16.3. The molecule has 94 valence electrons. The van der Waals surface area contributed by atoms with Gasteiger partial charge in [-0.2, -0.15) is 15.2 Å². The lowest BCUT2D eigenvalue weighted by molar-refractivity contribution is 0.454. The van der Waals surface area contributed by atoms with Crippen LogP contribution in [0, 0.1) is 0 Å². The average Bonchev–Trinajstić information content (AvgIpc) is 3.00. The summed E-state index contributed by atoms with van der Waals surface area (Å²) < 4.78 is 5.15. The molecule has 0 saturated carbocycles. The Balaban J connectivity index is 2.07. The van der Waals surface area contributed by atoms with E-state index in [2.05, 4.69) is 21.8 Å². The second kappa shape index (κ2) is 5.54. The van der Waals surface area contributed by atoms with Crippen LogP contribution in [-0.4, -0.2) is 41.0 Å². The largest absolute Gasteiger partial charge is 0.463 e. The van der Waals surface area contributed by atoms with E-state index in [4.69, 9.17) is 4.42 Å². The molecule has 0 amide bonds. The number of nitrogens with zero attached hydrogens (tertiary/aromatic N) is 5. The van der Waals surface area contributed by atoms with E-state index < -0.39 is 0 Å². The highest BCUT2D eigenvalue weighted by Crippen LogP contribution is 2.19. The first kappa shape index (κ1) is 12.4. The van der Waals surface area contributed by atoms with Gasteiger partial charge in [0.25, 0.3) is 0 Å². The van der Waals surface area contributed by atoms with Gasteiger partial charge >= 0.3 is 0 Å². The lowest BCUT2D eigenvalue weighted by Gasteiger charge is -2.17. The standard InChI is InChI=1S/C11H13N5OS/c1-9-15(13-7-10-5-4-6-17-10)8-14-16(9)11(12-2)18-3/h4-8H,1H2,2-3H3/b12-11?,13-7+. The fourth-order valence-electron chi connectivity index (χ4n) is 1.34. The van der Waals surface area contributed by atoms with Crippen LogP contribution in [0.5, 0.6) is 0 Å². The molecular weight excluding hydrogens is 250 g/mol. The van der Waals surface area contributed by atoms with Crippen molar-refractivity contribution in [2.45, 2.75) is 0 Å². The molecule has 1 aliphatic rings. The van der Waals surface area contributed by atoms with Crippen LogP contribution >= 0.6 is 11.8 Å². The smallest absolute Gasteiger partial charge is 0.185 e. The third kappa shape index (κ3) is 2.45. The highest BCUT2D eigenvalue weighted by Gasteiger charge is 2.22. The summed E-state index contributed by atoms with van der Waals surface area (Å²) in [6, 6.07) is 3.62. The number of hydrazone groups is 2. The van der Waals surface area contributed by atoms with Gasteiger partial charge in [0.1, 0.15) is 12.1 Å². The van der Waals surface area contributed by atoms with Crippen molar-refractivity contribution in [1.29, 1.82) is 0 Å². The van der Waals surface area contributed by atoms with E-state index in [0.717, 1.165) is 5.17 Å². The fraction of sp³-hybridized carbons (Fsp3) is 0.182. The minimum Gasteiger partial charge on any atom is -0.463 e. The lowest BCUT2D eigenvalue weighted by atomic mass is 10.5. The van der Waals surface area contributed by atoms with Crippen molar-refractivity contribution in [3.8, 4) is 0 Å². The molecule has 0 unspecified atom stereocenters. The van der Waals surface area contributed by atoms with E-state index in [0.29, 0.717) is 11.6 Å². The van der Waals surface area contributed by atoms with Crippen molar-refractivity contribution in [3.63, 3.8) is 0 Å². The molecule has 0 fully saturated rings. The van der Waals surface area contributed by atoms with Crippen LogP contribution < -0.4 is 0 Å². The summed E-state index contributed by atoms with van der Waals surface area (Å²) in [5, 5.41) is 12.3. The Bertz CT molecular complexity index is 506. The molecule has 1 aromatic rings. The van der Waals surface area contributed by atoms with Crippen LogP contribution in [0.2, 0.25) is 0 Å². The predicted molar refractivity (Wildman–Crippen MR) is 74.5 cm³/mol. The van der Waals surface area contributed by atoms with Gasteiger partial charge in [-0.3, -0.25) is 4.99 Å². The molecule has 0 N–H and O–H groups in total. The Hall–Kier alpha value is -2.02. The molecule has 0 aliphatic carbocycles. The molecule has 2 heterocycles. The summed E-state index contributed by atoms with van der Waals surface area (Å²) in [6.45, 7) is 3.92. The number of amidine groups is 1. The third-order valence-corrected chi connectivity index (χ3v) is 2.91. The van der Waals surface area contributed by atoms with Gasteiger partial charge in [0.05, 0.1) is 12.5 Å². The SMILES string of the molecule is C=C1N(/N=C/c2ccco2)C=NN1C(=NC)SC. The number of furan rings is 1. The quantitative estimate of drug-likeness (QED) is 0.605. The molecule has 18 heavy (non-hydrogen) atoms. The number of aliphatic imine (C=N–C) groups is 1. The topological polar surface area (TPSA) is 56.7 Å². The van der Waals surface area contributed by atoms with E-state index in [-0.39, 0.29) is 0 Å². The van der Waals surface area contributed by atoms with Crippen molar-refractivity contribution in [2.24, 2.45) is 15.2 Å². The average molecular weight is 263 g/mol. The van der Waals surface area contributed by atoms with E-state index in [9.17, 15) is 0 Å². The fourth-order valence-corrected chi connectivity index (χ4v) is 1.85. The monoisotopic (exact) mass is 263 g/mol. The van der Waals surface area contributed by atoms with Gasteiger partial charge in [-0.15, -0.1) is 0 Å². The molecule has 2 rings (SSSR count). The maximum Gasteiger partial charge on any atom is 0.185 e. The molecule has 6 nitrogen and oxygen atoms in total. The number of hydrogen-bond acceptors (Lipinski definition) is 6. The first-order valence-electron chi connectivity index (χ1n) is 5.17. The maximum absolute atomic E-state index is 5.15. The lowest BCUT2D eigenvalue weighted by Crippen LogP contribution is -2.23. The molecular formula is C11H13N5OS. The van der Waals surface area contributed by atoms with Crippen LogP contribution in [0.25, 0.3) is 0 Å². The van der Waals surface area contributed by atoms with Crippen molar-refractivity contribution >= 4 is 29.5 Å².